The lowest BCUT2D eigenvalue weighted by atomic mass is 9.92. The Hall–Kier alpha value is -1.88. The number of piperidine rings is 2. The SMILES string of the molecule is CC(C)C(=O)N1CCC(N2CCC(C(=O)NCc3ccccc3)CC2)CC1. The molecule has 2 aliphatic heterocycles. The van der Waals surface area contributed by atoms with Gasteiger partial charge in [0, 0.05) is 37.5 Å². The van der Waals surface area contributed by atoms with Crippen LogP contribution in [-0.2, 0) is 16.1 Å². The first kappa shape index (κ1) is 19.9. The lowest BCUT2D eigenvalue weighted by Crippen LogP contribution is -2.50. The van der Waals surface area contributed by atoms with Crippen LogP contribution in [0, 0.1) is 11.8 Å². The minimum absolute atomic E-state index is 0.0895. The molecule has 2 saturated heterocycles. The zero-order chi connectivity index (χ0) is 19.2. The average Bonchev–Trinajstić information content (AvgIpc) is 2.72. The molecule has 0 spiro atoms. The highest BCUT2D eigenvalue weighted by Gasteiger charge is 2.31. The van der Waals surface area contributed by atoms with E-state index >= 15 is 0 Å². The number of amides is 2. The van der Waals surface area contributed by atoms with E-state index in [9.17, 15) is 9.59 Å². The van der Waals surface area contributed by atoms with Crippen molar-refractivity contribution >= 4 is 11.8 Å². The van der Waals surface area contributed by atoms with Gasteiger partial charge in [-0.3, -0.25) is 9.59 Å². The molecule has 3 rings (SSSR count). The fourth-order valence-corrected chi connectivity index (χ4v) is 4.27. The summed E-state index contributed by atoms with van der Waals surface area (Å²) < 4.78 is 0. The topological polar surface area (TPSA) is 52.7 Å². The second-order valence-corrected chi connectivity index (χ2v) is 8.22. The van der Waals surface area contributed by atoms with Crippen molar-refractivity contribution in [2.45, 2.75) is 52.1 Å². The molecule has 0 aromatic heterocycles. The van der Waals surface area contributed by atoms with Crippen LogP contribution in [0.3, 0.4) is 0 Å². The van der Waals surface area contributed by atoms with Crippen LogP contribution in [0.25, 0.3) is 0 Å². The Kier molecular flexibility index (Phi) is 6.89. The molecule has 1 aromatic rings. The van der Waals surface area contributed by atoms with Crippen molar-refractivity contribution in [1.29, 1.82) is 0 Å². The fraction of sp³-hybridized carbons (Fsp3) is 0.636. The van der Waals surface area contributed by atoms with Gasteiger partial charge in [0.1, 0.15) is 0 Å². The maximum absolute atomic E-state index is 12.5. The maximum Gasteiger partial charge on any atom is 0.225 e. The monoisotopic (exact) mass is 371 g/mol. The third-order valence-electron chi connectivity index (χ3n) is 6.00. The number of nitrogens with one attached hydrogen (secondary N) is 1. The van der Waals surface area contributed by atoms with Crippen molar-refractivity contribution in [2.75, 3.05) is 26.2 Å². The quantitative estimate of drug-likeness (QED) is 0.866. The lowest BCUT2D eigenvalue weighted by Gasteiger charge is -2.41. The molecule has 148 valence electrons. The molecule has 2 aliphatic rings. The highest BCUT2D eigenvalue weighted by Crippen LogP contribution is 2.24. The Labute approximate surface area is 163 Å². The molecule has 0 bridgehead atoms. The smallest absolute Gasteiger partial charge is 0.225 e. The summed E-state index contributed by atoms with van der Waals surface area (Å²) in [7, 11) is 0. The summed E-state index contributed by atoms with van der Waals surface area (Å²) in [6, 6.07) is 10.6. The highest BCUT2D eigenvalue weighted by molar-refractivity contribution is 5.79. The molecular weight excluding hydrogens is 338 g/mol. The minimum Gasteiger partial charge on any atom is -0.352 e. The predicted octanol–water partition coefficient (Wildman–Crippen LogP) is 2.66. The molecule has 5 nitrogen and oxygen atoms in total. The normalized spacial score (nSPS) is 20.0. The van der Waals surface area contributed by atoms with Gasteiger partial charge in [0.25, 0.3) is 0 Å². The van der Waals surface area contributed by atoms with Crippen molar-refractivity contribution < 1.29 is 9.59 Å². The second kappa shape index (κ2) is 9.36. The van der Waals surface area contributed by atoms with Crippen LogP contribution in [-0.4, -0.2) is 53.8 Å². The summed E-state index contributed by atoms with van der Waals surface area (Å²) in [6.07, 6.45) is 3.99. The van der Waals surface area contributed by atoms with E-state index in [1.54, 1.807) is 0 Å². The molecule has 0 aliphatic carbocycles. The fourth-order valence-electron chi connectivity index (χ4n) is 4.27. The Morgan fingerprint density at radius 1 is 1.00 bits per heavy atom. The van der Waals surface area contributed by atoms with Crippen LogP contribution in [0.5, 0.6) is 0 Å². The Balaban J connectivity index is 1.39. The first-order chi connectivity index (χ1) is 13.0. The van der Waals surface area contributed by atoms with Gasteiger partial charge in [0.2, 0.25) is 11.8 Å². The molecule has 2 fully saturated rings. The number of carbonyl (C=O) groups is 2. The zero-order valence-electron chi connectivity index (χ0n) is 16.7. The molecule has 2 heterocycles. The van der Waals surface area contributed by atoms with Crippen LogP contribution >= 0.6 is 0 Å². The van der Waals surface area contributed by atoms with E-state index in [1.165, 1.54) is 0 Å². The largest absolute Gasteiger partial charge is 0.352 e. The van der Waals surface area contributed by atoms with Crippen LogP contribution < -0.4 is 5.32 Å². The lowest BCUT2D eigenvalue weighted by molar-refractivity contribution is -0.136. The molecule has 0 radical (unpaired) electrons. The zero-order valence-corrected chi connectivity index (χ0v) is 16.7. The standard InChI is InChI=1S/C22H33N3O2/c1-17(2)22(27)25-14-10-20(11-15-25)24-12-8-19(9-13-24)21(26)23-16-18-6-4-3-5-7-18/h3-7,17,19-20H,8-16H2,1-2H3,(H,23,26). The van der Waals surface area contributed by atoms with Gasteiger partial charge in [-0.25, -0.2) is 0 Å². The van der Waals surface area contributed by atoms with E-state index in [0.29, 0.717) is 12.6 Å². The van der Waals surface area contributed by atoms with Gasteiger partial charge in [0.15, 0.2) is 0 Å². The van der Waals surface area contributed by atoms with E-state index in [2.05, 4.69) is 10.2 Å². The maximum atomic E-state index is 12.5. The van der Waals surface area contributed by atoms with Crippen LogP contribution in [0.1, 0.15) is 45.1 Å². The molecule has 1 aromatic carbocycles. The number of likely N-dealkylation sites (tertiary alicyclic amines) is 2. The summed E-state index contributed by atoms with van der Waals surface area (Å²) >= 11 is 0. The van der Waals surface area contributed by atoms with Crippen molar-refractivity contribution in [3.63, 3.8) is 0 Å². The van der Waals surface area contributed by atoms with Crippen molar-refractivity contribution in [1.82, 2.24) is 15.1 Å². The molecular formula is C22H33N3O2. The molecule has 0 saturated carbocycles. The molecule has 5 heteroatoms. The van der Waals surface area contributed by atoms with Crippen LogP contribution in [0.4, 0.5) is 0 Å². The van der Waals surface area contributed by atoms with E-state index in [-0.39, 0.29) is 23.7 Å². The summed E-state index contributed by atoms with van der Waals surface area (Å²) in [4.78, 5) is 29.2. The number of carbonyl (C=O) groups excluding carboxylic acids is 2. The van der Waals surface area contributed by atoms with E-state index < -0.39 is 0 Å². The first-order valence-electron chi connectivity index (χ1n) is 10.4. The Morgan fingerprint density at radius 3 is 2.22 bits per heavy atom. The summed E-state index contributed by atoms with van der Waals surface area (Å²) in [6.45, 7) is 8.29. The van der Waals surface area contributed by atoms with Gasteiger partial charge in [-0.15, -0.1) is 0 Å². The van der Waals surface area contributed by atoms with Gasteiger partial charge in [-0.2, -0.15) is 0 Å². The van der Waals surface area contributed by atoms with Crippen LogP contribution in [0.15, 0.2) is 30.3 Å². The van der Waals surface area contributed by atoms with Gasteiger partial charge in [-0.05, 0) is 44.3 Å². The van der Waals surface area contributed by atoms with E-state index in [0.717, 1.165) is 57.4 Å². The van der Waals surface area contributed by atoms with Gasteiger partial charge < -0.3 is 15.1 Å². The average molecular weight is 372 g/mol. The molecule has 2 amide bonds. The summed E-state index contributed by atoms with van der Waals surface area (Å²) in [5, 5.41) is 3.09. The highest BCUT2D eigenvalue weighted by atomic mass is 16.2. The van der Waals surface area contributed by atoms with Crippen molar-refractivity contribution in [3.05, 3.63) is 35.9 Å². The number of benzene rings is 1. The van der Waals surface area contributed by atoms with Gasteiger partial charge in [0.05, 0.1) is 0 Å². The van der Waals surface area contributed by atoms with Crippen molar-refractivity contribution in [2.24, 2.45) is 11.8 Å². The Morgan fingerprint density at radius 2 is 1.63 bits per heavy atom. The van der Waals surface area contributed by atoms with E-state index in [4.69, 9.17) is 0 Å². The number of nitrogens with zero attached hydrogens (tertiary/aromatic N) is 2. The van der Waals surface area contributed by atoms with E-state index in [1.807, 2.05) is 49.1 Å². The van der Waals surface area contributed by atoms with Gasteiger partial charge in [-0.1, -0.05) is 44.2 Å². The molecule has 27 heavy (non-hydrogen) atoms. The number of hydrogen-bond acceptors (Lipinski definition) is 3. The van der Waals surface area contributed by atoms with Crippen LogP contribution in [0.2, 0.25) is 0 Å². The predicted molar refractivity (Wildman–Crippen MR) is 107 cm³/mol. The third-order valence-corrected chi connectivity index (χ3v) is 6.00. The van der Waals surface area contributed by atoms with Gasteiger partial charge >= 0.3 is 0 Å². The second-order valence-electron chi connectivity index (χ2n) is 8.22. The third kappa shape index (κ3) is 5.32. The Bertz CT molecular complexity index is 616. The summed E-state index contributed by atoms with van der Waals surface area (Å²) in [5.41, 5.74) is 1.14. The molecule has 0 unspecified atom stereocenters. The number of rotatable bonds is 5. The van der Waals surface area contributed by atoms with Crippen molar-refractivity contribution in [3.8, 4) is 0 Å². The summed E-state index contributed by atoms with van der Waals surface area (Å²) in [5.74, 6) is 0.692. The molecule has 0 atom stereocenters. The number of hydrogen-bond donors (Lipinski definition) is 1. The first-order valence-corrected chi connectivity index (χ1v) is 10.4. The minimum atomic E-state index is 0.0895. The molecule has 1 N–H and O–H groups in total.